The molecule has 2 unspecified atom stereocenters. The molecule has 0 amide bonds. The molecule has 0 saturated heterocycles. The van der Waals surface area contributed by atoms with Crippen molar-refractivity contribution < 1.29 is 13.5 Å². The molecule has 0 aliphatic carbocycles. The van der Waals surface area contributed by atoms with E-state index in [1.54, 1.807) is 6.07 Å². The molecule has 0 fully saturated rings. The highest BCUT2D eigenvalue weighted by molar-refractivity contribution is 7.91. The average molecular weight is 382 g/mol. The second-order valence-corrected chi connectivity index (χ2v) is 9.66. The quantitative estimate of drug-likeness (QED) is 0.557. The normalized spacial score (nSPS) is 16.2. The van der Waals surface area contributed by atoms with Crippen molar-refractivity contribution in [3.63, 3.8) is 0 Å². The third-order valence-corrected chi connectivity index (χ3v) is 7.31. The van der Waals surface area contributed by atoms with Crippen LogP contribution in [0.15, 0.2) is 16.3 Å². The van der Waals surface area contributed by atoms with Gasteiger partial charge in [-0.1, -0.05) is 64.5 Å². The lowest BCUT2D eigenvalue weighted by Crippen LogP contribution is -2.47. The number of aliphatic hydroxyl groups is 1. The van der Waals surface area contributed by atoms with Crippen molar-refractivity contribution in [2.24, 2.45) is 5.92 Å². The van der Waals surface area contributed by atoms with Crippen LogP contribution in [0.1, 0.15) is 59.3 Å². The number of rotatable bonds is 11. The highest BCUT2D eigenvalue weighted by Gasteiger charge is 2.30. The van der Waals surface area contributed by atoms with E-state index in [1.807, 2.05) is 13.8 Å². The summed E-state index contributed by atoms with van der Waals surface area (Å²) in [6.45, 7) is 6.10. The van der Waals surface area contributed by atoms with Gasteiger partial charge in [0.05, 0.1) is 16.5 Å². The van der Waals surface area contributed by atoms with Gasteiger partial charge in [0.2, 0.25) is 10.0 Å². The van der Waals surface area contributed by atoms with Crippen LogP contribution >= 0.6 is 22.9 Å². The summed E-state index contributed by atoms with van der Waals surface area (Å²) in [5, 5.41) is 10.5. The second-order valence-electron chi connectivity index (χ2n) is 6.01. The summed E-state index contributed by atoms with van der Waals surface area (Å²) in [4.78, 5) is 0. The van der Waals surface area contributed by atoms with Gasteiger partial charge in [-0.05, 0) is 24.5 Å². The predicted molar refractivity (Wildman–Crippen MR) is 97.7 cm³/mol. The van der Waals surface area contributed by atoms with Crippen LogP contribution in [0.25, 0.3) is 0 Å². The minimum Gasteiger partial charge on any atom is -0.391 e. The van der Waals surface area contributed by atoms with E-state index in [9.17, 15) is 13.5 Å². The van der Waals surface area contributed by atoms with Gasteiger partial charge in [0, 0.05) is 0 Å². The molecule has 2 N–H and O–H groups in total. The molecule has 0 aromatic carbocycles. The zero-order chi connectivity index (χ0) is 17.5. The first kappa shape index (κ1) is 20.9. The molecule has 0 spiro atoms. The topological polar surface area (TPSA) is 66.4 Å². The fourth-order valence-electron chi connectivity index (χ4n) is 2.47. The average Bonchev–Trinajstić information content (AvgIpc) is 2.95. The van der Waals surface area contributed by atoms with E-state index in [2.05, 4.69) is 11.6 Å². The van der Waals surface area contributed by atoms with Gasteiger partial charge in [0.15, 0.2) is 0 Å². The van der Waals surface area contributed by atoms with Gasteiger partial charge in [-0.15, -0.1) is 11.3 Å². The number of hydrogen-bond donors (Lipinski definition) is 2. The van der Waals surface area contributed by atoms with Crippen LogP contribution in [0.5, 0.6) is 0 Å². The van der Waals surface area contributed by atoms with Crippen LogP contribution in [0.4, 0.5) is 0 Å². The molecule has 4 nitrogen and oxygen atoms in total. The Morgan fingerprint density at radius 3 is 2.48 bits per heavy atom. The van der Waals surface area contributed by atoms with E-state index in [1.165, 1.54) is 6.07 Å². The van der Waals surface area contributed by atoms with Gasteiger partial charge < -0.3 is 5.11 Å². The van der Waals surface area contributed by atoms with E-state index in [4.69, 9.17) is 11.6 Å². The molecule has 1 aromatic rings. The zero-order valence-electron chi connectivity index (χ0n) is 14.1. The van der Waals surface area contributed by atoms with Crippen LogP contribution in [0.2, 0.25) is 4.34 Å². The monoisotopic (exact) mass is 381 g/mol. The van der Waals surface area contributed by atoms with Crippen LogP contribution in [-0.4, -0.2) is 25.7 Å². The zero-order valence-corrected chi connectivity index (χ0v) is 16.5. The molecule has 0 aliphatic heterocycles. The van der Waals surface area contributed by atoms with Gasteiger partial charge in [-0.2, -0.15) is 0 Å². The number of sulfonamides is 1. The van der Waals surface area contributed by atoms with Crippen molar-refractivity contribution in [1.29, 1.82) is 0 Å². The largest absolute Gasteiger partial charge is 0.391 e. The molecule has 1 aromatic heterocycles. The van der Waals surface area contributed by atoms with E-state index in [-0.39, 0.29) is 10.1 Å². The van der Waals surface area contributed by atoms with Gasteiger partial charge in [-0.25, -0.2) is 13.1 Å². The van der Waals surface area contributed by atoms with E-state index in [0.717, 1.165) is 43.4 Å². The van der Waals surface area contributed by atoms with Gasteiger partial charge in [-0.3, -0.25) is 0 Å². The second kappa shape index (κ2) is 9.99. The van der Waals surface area contributed by atoms with Crippen molar-refractivity contribution >= 4 is 33.0 Å². The van der Waals surface area contributed by atoms with Crippen molar-refractivity contribution in [2.45, 2.75) is 75.7 Å². The Morgan fingerprint density at radius 1 is 1.26 bits per heavy atom. The molecular weight excluding hydrogens is 354 g/mol. The number of nitrogens with one attached hydrogen (secondary N) is 1. The maximum Gasteiger partial charge on any atom is 0.250 e. The molecule has 23 heavy (non-hydrogen) atoms. The van der Waals surface area contributed by atoms with E-state index in [0.29, 0.717) is 10.8 Å². The summed E-state index contributed by atoms with van der Waals surface area (Å²) in [5.74, 6) is 0.0568. The molecule has 3 atom stereocenters. The Bertz CT molecular complexity index is 559. The molecule has 0 aliphatic rings. The Kier molecular flexibility index (Phi) is 9.08. The molecule has 7 heteroatoms. The van der Waals surface area contributed by atoms with E-state index >= 15 is 0 Å². The maximum absolute atomic E-state index is 12.5. The van der Waals surface area contributed by atoms with Crippen molar-refractivity contribution in [3.05, 3.63) is 16.5 Å². The number of aliphatic hydroxyl groups excluding tert-OH is 1. The summed E-state index contributed by atoms with van der Waals surface area (Å²) < 4.78 is 28.3. The molecule has 0 bridgehead atoms. The summed E-state index contributed by atoms with van der Waals surface area (Å²) >= 11 is 6.86. The lowest BCUT2D eigenvalue weighted by molar-refractivity contribution is 0.100. The predicted octanol–water partition coefficient (Wildman–Crippen LogP) is 4.43. The van der Waals surface area contributed by atoms with Gasteiger partial charge >= 0.3 is 0 Å². The highest BCUT2D eigenvalue weighted by Crippen LogP contribution is 2.27. The standard InChI is InChI=1S/C16H28ClNO3S2/c1-4-6-7-8-9-13(19)16(12(3)5-2)18-23(20,21)15-11-10-14(17)22-15/h10-13,16,18-19H,4-9H2,1-3H3/t12-,13?,16?/m0/s1. The number of thiophene rings is 1. The molecule has 0 saturated carbocycles. The number of unbranched alkanes of at least 4 members (excludes halogenated alkanes) is 3. The Balaban J connectivity index is 2.77. The smallest absolute Gasteiger partial charge is 0.250 e. The molecule has 0 radical (unpaired) electrons. The van der Waals surface area contributed by atoms with Crippen LogP contribution < -0.4 is 4.72 Å². The Hall–Kier alpha value is -0.140. The van der Waals surface area contributed by atoms with Crippen molar-refractivity contribution in [1.82, 2.24) is 4.72 Å². The van der Waals surface area contributed by atoms with Crippen molar-refractivity contribution in [2.75, 3.05) is 0 Å². The molecule has 134 valence electrons. The summed E-state index contributed by atoms with van der Waals surface area (Å²) in [6.07, 6.45) is 4.99. The lowest BCUT2D eigenvalue weighted by Gasteiger charge is -2.28. The lowest BCUT2D eigenvalue weighted by atomic mass is 9.92. The minimum atomic E-state index is -3.65. The molecule has 1 rings (SSSR count). The highest BCUT2D eigenvalue weighted by atomic mass is 35.5. The Morgan fingerprint density at radius 2 is 1.96 bits per heavy atom. The SMILES string of the molecule is CCCCCCC(O)C(NS(=O)(=O)c1ccc(Cl)s1)[C@@H](C)CC. The van der Waals surface area contributed by atoms with Crippen LogP contribution in [0.3, 0.4) is 0 Å². The first-order valence-electron chi connectivity index (χ1n) is 8.27. The first-order valence-corrected chi connectivity index (χ1v) is 10.9. The molecule has 1 heterocycles. The number of halogens is 1. The first-order chi connectivity index (χ1) is 10.8. The maximum atomic E-state index is 12.5. The molecular formula is C16H28ClNO3S2. The summed E-state index contributed by atoms with van der Waals surface area (Å²) in [5.41, 5.74) is 0. The number of hydrogen-bond acceptors (Lipinski definition) is 4. The van der Waals surface area contributed by atoms with Gasteiger partial charge in [0.25, 0.3) is 0 Å². The summed E-state index contributed by atoms with van der Waals surface area (Å²) in [7, 11) is -3.65. The minimum absolute atomic E-state index is 0.0568. The fraction of sp³-hybridized carbons (Fsp3) is 0.750. The van der Waals surface area contributed by atoms with Gasteiger partial charge in [0.1, 0.15) is 4.21 Å². The summed E-state index contributed by atoms with van der Waals surface area (Å²) in [6, 6.07) is 2.59. The fourth-order valence-corrected chi connectivity index (χ4v) is 5.34. The third kappa shape index (κ3) is 6.70. The van der Waals surface area contributed by atoms with Crippen LogP contribution in [0, 0.1) is 5.92 Å². The van der Waals surface area contributed by atoms with Crippen molar-refractivity contribution in [3.8, 4) is 0 Å². The van der Waals surface area contributed by atoms with E-state index < -0.39 is 22.2 Å². The van der Waals surface area contributed by atoms with Crippen LogP contribution in [-0.2, 0) is 10.0 Å². The third-order valence-electron chi connectivity index (χ3n) is 4.13. The Labute approximate surface area is 149 Å².